The van der Waals surface area contributed by atoms with Crippen LogP contribution < -0.4 is 0 Å². The second-order valence-electron chi connectivity index (χ2n) is 2.04. The summed E-state index contributed by atoms with van der Waals surface area (Å²) in [6.07, 6.45) is 2.82. The maximum atomic E-state index is 4.29. The van der Waals surface area contributed by atoms with E-state index in [4.69, 9.17) is 0 Å². The molecule has 2 aromatic rings. The number of hydrogen-bond donors (Lipinski definition) is 1. The van der Waals surface area contributed by atoms with Crippen LogP contribution >= 0.6 is 11.3 Å². The molecule has 2 heterocycles. The first-order valence-corrected chi connectivity index (χ1v) is 4.00. The third-order valence-electron chi connectivity index (χ3n) is 1.35. The average molecular weight is 153 g/mol. The molecule has 0 aliphatic heterocycles. The van der Waals surface area contributed by atoms with Gasteiger partial charge in [-0.15, -0.1) is 11.3 Å². The predicted molar refractivity (Wildman–Crippen MR) is 41.1 cm³/mol. The Morgan fingerprint density at radius 1 is 1.70 bits per heavy atom. The first kappa shape index (κ1) is 5.85. The van der Waals surface area contributed by atoms with E-state index < -0.39 is 0 Å². The third-order valence-corrected chi connectivity index (χ3v) is 2.49. The number of aryl methyl sites for hydroxylation is 1. The van der Waals surface area contributed by atoms with Crippen LogP contribution in [0.5, 0.6) is 0 Å². The van der Waals surface area contributed by atoms with Gasteiger partial charge in [0.05, 0.1) is 15.9 Å². The SMILES string of the molecule is CCc1nc2[nH]ncc2s1. The van der Waals surface area contributed by atoms with E-state index in [1.165, 1.54) is 5.01 Å². The van der Waals surface area contributed by atoms with E-state index in [-0.39, 0.29) is 0 Å². The summed E-state index contributed by atoms with van der Waals surface area (Å²) in [5, 5.41) is 7.85. The van der Waals surface area contributed by atoms with Crippen LogP contribution in [0.4, 0.5) is 0 Å². The largest absolute Gasteiger partial charge is 0.260 e. The zero-order valence-electron chi connectivity index (χ0n) is 5.59. The molecular weight excluding hydrogens is 146 g/mol. The summed E-state index contributed by atoms with van der Waals surface area (Å²) in [6.45, 7) is 2.10. The van der Waals surface area contributed by atoms with Gasteiger partial charge in [-0.25, -0.2) is 4.98 Å². The standard InChI is InChI=1S/C6H7N3S/c1-2-5-8-6-4(10-5)3-7-9-6/h3H,2H2,1H3,(H,7,9). The molecule has 52 valence electrons. The van der Waals surface area contributed by atoms with Crippen LogP contribution in [-0.4, -0.2) is 15.2 Å². The summed E-state index contributed by atoms with van der Waals surface area (Å²) in [6, 6.07) is 0. The van der Waals surface area contributed by atoms with Crippen molar-refractivity contribution in [2.45, 2.75) is 13.3 Å². The molecule has 2 aromatic heterocycles. The fourth-order valence-electron chi connectivity index (χ4n) is 0.849. The van der Waals surface area contributed by atoms with Crippen molar-refractivity contribution in [1.29, 1.82) is 0 Å². The first-order valence-electron chi connectivity index (χ1n) is 3.19. The molecule has 1 N–H and O–H groups in total. The van der Waals surface area contributed by atoms with Crippen molar-refractivity contribution in [3.8, 4) is 0 Å². The minimum absolute atomic E-state index is 0.918. The quantitative estimate of drug-likeness (QED) is 0.675. The number of nitrogens with one attached hydrogen (secondary N) is 1. The van der Waals surface area contributed by atoms with Crippen LogP contribution in [0.2, 0.25) is 0 Å². The smallest absolute Gasteiger partial charge is 0.166 e. The van der Waals surface area contributed by atoms with E-state index in [0.717, 1.165) is 16.8 Å². The second-order valence-corrected chi connectivity index (χ2v) is 3.16. The number of nitrogens with zero attached hydrogens (tertiary/aromatic N) is 2. The van der Waals surface area contributed by atoms with Gasteiger partial charge in [-0.1, -0.05) is 6.92 Å². The van der Waals surface area contributed by atoms with Crippen LogP contribution in [0.15, 0.2) is 6.20 Å². The number of thiazole rings is 1. The lowest BCUT2D eigenvalue weighted by Crippen LogP contribution is -1.75. The van der Waals surface area contributed by atoms with Crippen LogP contribution in [0.3, 0.4) is 0 Å². The number of fused-ring (bicyclic) bond motifs is 1. The molecule has 10 heavy (non-hydrogen) atoms. The molecule has 0 saturated carbocycles. The molecule has 0 atom stereocenters. The Bertz CT molecular complexity index is 307. The van der Waals surface area contributed by atoms with Gasteiger partial charge in [0.2, 0.25) is 0 Å². The number of rotatable bonds is 1. The fourth-order valence-corrected chi connectivity index (χ4v) is 1.68. The normalized spacial score (nSPS) is 10.9. The van der Waals surface area contributed by atoms with E-state index in [1.807, 2.05) is 6.20 Å². The van der Waals surface area contributed by atoms with Crippen LogP contribution in [0, 0.1) is 0 Å². The molecular formula is C6H7N3S. The minimum Gasteiger partial charge on any atom is -0.260 e. The molecule has 4 heteroatoms. The monoisotopic (exact) mass is 153 g/mol. The lowest BCUT2D eigenvalue weighted by atomic mass is 10.5. The van der Waals surface area contributed by atoms with E-state index >= 15 is 0 Å². The highest BCUT2D eigenvalue weighted by atomic mass is 32.1. The Labute approximate surface area is 62.1 Å². The molecule has 0 aliphatic carbocycles. The van der Waals surface area contributed by atoms with Crippen LogP contribution in [-0.2, 0) is 6.42 Å². The van der Waals surface area contributed by atoms with Crippen LogP contribution in [0.25, 0.3) is 10.3 Å². The van der Waals surface area contributed by atoms with Crippen LogP contribution in [0.1, 0.15) is 11.9 Å². The molecule has 0 bridgehead atoms. The van der Waals surface area contributed by atoms with Gasteiger partial charge >= 0.3 is 0 Å². The van der Waals surface area contributed by atoms with Crippen molar-refractivity contribution in [1.82, 2.24) is 15.2 Å². The van der Waals surface area contributed by atoms with Crippen molar-refractivity contribution in [3.05, 3.63) is 11.2 Å². The molecule has 3 nitrogen and oxygen atoms in total. The van der Waals surface area contributed by atoms with Crippen molar-refractivity contribution < 1.29 is 0 Å². The average Bonchev–Trinajstić information content (AvgIpc) is 2.42. The lowest BCUT2D eigenvalue weighted by molar-refractivity contribution is 1.06. The number of aromatic nitrogens is 3. The van der Waals surface area contributed by atoms with E-state index in [9.17, 15) is 0 Å². The maximum Gasteiger partial charge on any atom is 0.166 e. The summed E-state index contributed by atoms with van der Waals surface area (Å²) < 4.78 is 1.15. The fraction of sp³-hybridized carbons (Fsp3) is 0.333. The molecule has 2 rings (SSSR count). The Balaban J connectivity index is 2.67. The van der Waals surface area contributed by atoms with E-state index in [0.29, 0.717) is 0 Å². The zero-order valence-corrected chi connectivity index (χ0v) is 6.40. The van der Waals surface area contributed by atoms with Crippen molar-refractivity contribution in [2.75, 3.05) is 0 Å². The van der Waals surface area contributed by atoms with Gasteiger partial charge < -0.3 is 0 Å². The second kappa shape index (κ2) is 2.05. The summed E-state index contributed by atoms with van der Waals surface area (Å²) >= 11 is 1.70. The Kier molecular flexibility index (Phi) is 1.20. The molecule has 0 saturated heterocycles. The third kappa shape index (κ3) is 0.724. The zero-order chi connectivity index (χ0) is 6.97. The van der Waals surface area contributed by atoms with Crippen molar-refractivity contribution >= 4 is 21.7 Å². The van der Waals surface area contributed by atoms with Gasteiger partial charge in [0.15, 0.2) is 5.65 Å². The van der Waals surface area contributed by atoms with E-state index in [1.54, 1.807) is 11.3 Å². The summed E-state index contributed by atoms with van der Waals surface area (Å²) in [7, 11) is 0. The highest BCUT2D eigenvalue weighted by Crippen LogP contribution is 2.19. The maximum absolute atomic E-state index is 4.29. The van der Waals surface area contributed by atoms with Crippen molar-refractivity contribution in [3.63, 3.8) is 0 Å². The summed E-state index contributed by atoms with van der Waals surface area (Å²) in [5.74, 6) is 0. The Hall–Kier alpha value is -0.900. The minimum atomic E-state index is 0.918. The summed E-state index contributed by atoms with van der Waals surface area (Å²) in [5.41, 5.74) is 0.918. The first-order chi connectivity index (χ1) is 4.90. The molecule has 0 radical (unpaired) electrons. The Morgan fingerprint density at radius 2 is 2.60 bits per heavy atom. The number of H-pyrrole nitrogens is 1. The van der Waals surface area contributed by atoms with Crippen molar-refractivity contribution in [2.24, 2.45) is 0 Å². The number of hydrogen-bond acceptors (Lipinski definition) is 3. The molecule has 0 fully saturated rings. The molecule has 0 aliphatic rings. The van der Waals surface area contributed by atoms with Gasteiger partial charge in [0.1, 0.15) is 0 Å². The van der Waals surface area contributed by atoms with Gasteiger partial charge in [0, 0.05) is 0 Å². The molecule has 0 spiro atoms. The molecule has 0 unspecified atom stereocenters. The summed E-state index contributed by atoms with van der Waals surface area (Å²) in [4.78, 5) is 4.29. The van der Waals surface area contributed by atoms with E-state index in [2.05, 4.69) is 22.1 Å². The topological polar surface area (TPSA) is 41.6 Å². The highest BCUT2D eigenvalue weighted by Gasteiger charge is 2.01. The van der Waals surface area contributed by atoms with Gasteiger partial charge in [-0.05, 0) is 6.42 Å². The van der Waals surface area contributed by atoms with Gasteiger partial charge in [0.25, 0.3) is 0 Å². The molecule has 0 amide bonds. The predicted octanol–water partition coefficient (Wildman–Crippen LogP) is 1.58. The molecule has 0 aromatic carbocycles. The highest BCUT2D eigenvalue weighted by molar-refractivity contribution is 7.18. The van der Waals surface area contributed by atoms with Gasteiger partial charge in [-0.3, -0.25) is 5.10 Å². The lowest BCUT2D eigenvalue weighted by Gasteiger charge is -1.79. The Morgan fingerprint density at radius 3 is 3.30 bits per heavy atom. The number of aromatic amines is 1. The van der Waals surface area contributed by atoms with Gasteiger partial charge in [-0.2, -0.15) is 5.10 Å².